The van der Waals surface area contributed by atoms with Crippen molar-refractivity contribution in [3.8, 4) is 11.5 Å². The van der Waals surface area contributed by atoms with Gasteiger partial charge < -0.3 is 25.2 Å². The smallest absolute Gasteiger partial charge is 0.255 e. The largest absolute Gasteiger partial charge is 0.496 e. The van der Waals surface area contributed by atoms with Crippen molar-refractivity contribution in [2.45, 2.75) is 6.10 Å². The molecular formula is C26H28N2O4. The summed E-state index contributed by atoms with van der Waals surface area (Å²) in [5.41, 5.74) is 2.21. The zero-order valence-electron chi connectivity index (χ0n) is 18.0. The molecule has 0 spiro atoms. The van der Waals surface area contributed by atoms with E-state index in [-0.39, 0.29) is 12.5 Å². The topological polar surface area (TPSA) is 79.8 Å². The minimum Gasteiger partial charge on any atom is -0.496 e. The predicted molar refractivity (Wildman–Crippen MR) is 127 cm³/mol. The Morgan fingerprint density at radius 2 is 1.81 bits per heavy atom. The lowest BCUT2D eigenvalue weighted by atomic mass is 10.2. The van der Waals surface area contributed by atoms with Crippen LogP contribution in [0.5, 0.6) is 11.5 Å². The van der Waals surface area contributed by atoms with E-state index in [1.807, 2.05) is 54.6 Å². The fourth-order valence-corrected chi connectivity index (χ4v) is 3.03. The van der Waals surface area contributed by atoms with Crippen molar-refractivity contribution < 1.29 is 19.4 Å². The molecule has 166 valence electrons. The number of methoxy groups -OCH3 is 1. The normalized spacial score (nSPS) is 11.8. The van der Waals surface area contributed by atoms with E-state index in [1.54, 1.807) is 43.5 Å². The van der Waals surface area contributed by atoms with Crippen LogP contribution in [0.2, 0.25) is 0 Å². The fourth-order valence-electron chi connectivity index (χ4n) is 3.03. The highest BCUT2D eigenvalue weighted by Crippen LogP contribution is 2.19. The molecule has 3 aromatic carbocycles. The van der Waals surface area contributed by atoms with Crippen LogP contribution >= 0.6 is 0 Å². The van der Waals surface area contributed by atoms with Crippen LogP contribution in [-0.4, -0.2) is 43.9 Å². The van der Waals surface area contributed by atoms with Gasteiger partial charge in [0.25, 0.3) is 5.91 Å². The van der Waals surface area contributed by atoms with Gasteiger partial charge in [0.2, 0.25) is 0 Å². The molecule has 3 N–H and O–H groups in total. The summed E-state index contributed by atoms with van der Waals surface area (Å²) in [4.78, 5) is 12.3. The molecule has 6 heteroatoms. The van der Waals surface area contributed by atoms with Crippen LogP contribution in [-0.2, 0) is 0 Å². The minimum atomic E-state index is -0.669. The standard InChI is InChI=1S/C26H28N2O4/c1-31-25-15-6-5-9-20(25)12-8-16-27-18-23(29)19-32-24-14-7-13-22(17-24)28-26(30)21-10-3-2-4-11-21/h2-15,17,23,27,29H,16,18-19H2,1H3,(H,28,30)/b12-8+. The Hall–Kier alpha value is -3.61. The summed E-state index contributed by atoms with van der Waals surface area (Å²) in [5.74, 6) is 1.21. The summed E-state index contributed by atoms with van der Waals surface area (Å²) >= 11 is 0. The first-order valence-corrected chi connectivity index (χ1v) is 10.4. The first-order chi connectivity index (χ1) is 15.7. The summed E-state index contributed by atoms with van der Waals surface area (Å²) in [6.45, 7) is 1.14. The summed E-state index contributed by atoms with van der Waals surface area (Å²) in [7, 11) is 1.65. The average molecular weight is 433 g/mol. The van der Waals surface area contributed by atoms with E-state index < -0.39 is 6.10 Å². The highest BCUT2D eigenvalue weighted by molar-refractivity contribution is 6.04. The van der Waals surface area contributed by atoms with Gasteiger partial charge in [0, 0.05) is 36.0 Å². The van der Waals surface area contributed by atoms with Crippen molar-refractivity contribution in [1.82, 2.24) is 5.32 Å². The van der Waals surface area contributed by atoms with Crippen molar-refractivity contribution in [3.05, 3.63) is 96.1 Å². The molecule has 0 radical (unpaired) electrons. The van der Waals surface area contributed by atoms with E-state index in [1.165, 1.54) is 0 Å². The Morgan fingerprint density at radius 1 is 1.03 bits per heavy atom. The van der Waals surface area contributed by atoms with Gasteiger partial charge in [-0.1, -0.05) is 54.6 Å². The fraction of sp³-hybridized carbons (Fsp3) is 0.192. The van der Waals surface area contributed by atoms with E-state index in [0.29, 0.717) is 30.1 Å². The second kappa shape index (κ2) is 12.3. The summed E-state index contributed by atoms with van der Waals surface area (Å²) < 4.78 is 11.0. The molecule has 0 saturated carbocycles. The molecule has 0 saturated heterocycles. The van der Waals surface area contributed by atoms with Gasteiger partial charge in [0.05, 0.1) is 7.11 Å². The molecule has 1 atom stereocenters. The van der Waals surface area contributed by atoms with Crippen molar-refractivity contribution in [1.29, 1.82) is 0 Å². The Balaban J connectivity index is 1.40. The molecule has 1 amide bonds. The number of ether oxygens (including phenoxy) is 2. The summed E-state index contributed by atoms with van der Waals surface area (Å²) in [5, 5.41) is 16.2. The molecule has 3 rings (SSSR count). The highest BCUT2D eigenvalue weighted by Gasteiger charge is 2.08. The van der Waals surface area contributed by atoms with Gasteiger partial charge in [0.1, 0.15) is 24.2 Å². The Morgan fingerprint density at radius 3 is 2.62 bits per heavy atom. The molecule has 0 aliphatic carbocycles. The second-order valence-corrected chi connectivity index (χ2v) is 7.12. The zero-order valence-corrected chi connectivity index (χ0v) is 18.0. The van der Waals surface area contributed by atoms with Gasteiger partial charge in [0.15, 0.2) is 0 Å². The number of aliphatic hydroxyl groups is 1. The van der Waals surface area contributed by atoms with Crippen molar-refractivity contribution in [3.63, 3.8) is 0 Å². The number of anilines is 1. The number of hydrogen-bond acceptors (Lipinski definition) is 5. The number of carbonyl (C=O) groups excluding carboxylic acids is 1. The number of aliphatic hydroxyl groups excluding tert-OH is 1. The Labute approximate surface area is 188 Å². The van der Waals surface area contributed by atoms with E-state index >= 15 is 0 Å². The van der Waals surface area contributed by atoms with Crippen LogP contribution in [0, 0.1) is 0 Å². The average Bonchev–Trinajstić information content (AvgIpc) is 2.83. The monoisotopic (exact) mass is 432 g/mol. The van der Waals surface area contributed by atoms with E-state index in [9.17, 15) is 9.90 Å². The van der Waals surface area contributed by atoms with Gasteiger partial charge >= 0.3 is 0 Å². The maximum absolute atomic E-state index is 12.3. The molecule has 0 fully saturated rings. The van der Waals surface area contributed by atoms with Crippen LogP contribution < -0.4 is 20.1 Å². The van der Waals surface area contributed by atoms with Gasteiger partial charge in [-0.15, -0.1) is 0 Å². The number of nitrogens with one attached hydrogen (secondary N) is 2. The van der Waals surface area contributed by atoms with Crippen LogP contribution in [0.15, 0.2) is 84.9 Å². The first kappa shape index (κ1) is 23.1. The van der Waals surface area contributed by atoms with Gasteiger partial charge in [-0.25, -0.2) is 0 Å². The van der Waals surface area contributed by atoms with Crippen LogP contribution in [0.1, 0.15) is 15.9 Å². The highest BCUT2D eigenvalue weighted by atomic mass is 16.5. The molecule has 1 unspecified atom stereocenters. The summed E-state index contributed by atoms with van der Waals surface area (Å²) in [6, 6.07) is 23.9. The van der Waals surface area contributed by atoms with Crippen molar-refractivity contribution in [2.75, 3.05) is 32.1 Å². The SMILES string of the molecule is COc1ccccc1/C=C/CNCC(O)COc1cccc(NC(=O)c2ccccc2)c1. The number of rotatable bonds is 11. The summed E-state index contributed by atoms with van der Waals surface area (Å²) in [6.07, 6.45) is 3.28. The molecule has 3 aromatic rings. The molecule has 0 aliphatic rings. The van der Waals surface area contributed by atoms with Crippen LogP contribution in [0.4, 0.5) is 5.69 Å². The van der Waals surface area contributed by atoms with Crippen LogP contribution in [0.3, 0.4) is 0 Å². The van der Waals surface area contributed by atoms with Gasteiger partial charge in [-0.2, -0.15) is 0 Å². The zero-order chi connectivity index (χ0) is 22.6. The lowest BCUT2D eigenvalue weighted by molar-refractivity contribution is 0.102. The molecule has 0 aliphatic heterocycles. The molecular weight excluding hydrogens is 404 g/mol. The number of hydrogen-bond donors (Lipinski definition) is 3. The number of carbonyl (C=O) groups is 1. The maximum atomic E-state index is 12.3. The van der Waals surface area contributed by atoms with Crippen molar-refractivity contribution in [2.24, 2.45) is 0 Å². The predicted octanol–water partition coefficient (Wildman–Crippen LogP) is 3.99. The van der Waals surface area contributed by atoms with Gasteiger partial charge in [-0.3, -0.25) is 4.79 Å². The number of para-hydroxylation sites is 1. The maximum Gasteiger partial charge on any atom is 0.255 e. The third-order valence-corrected chi connectivity index (χ3v) is 4.65. The Kier molecular flexibility index (Phi) is 8.86. The second-order valence-electron chi connectivity index (χ2n) is 7.12. The van der Waals surface area contributed by atoms with Gasteiger partial charge in [-0.05, 0) is 30.3 Å². The van der Waals surface area contributed by atoms with E-state index in [2.05, 4.69) is 10.6 Å². The van der Waals surface area contributed by atoms with Crippen molar-refractivity contribution >= 4 is 17.7 Å². The third-order valence-electron chi connectivity index (χ3n) is 4.65. The third kappa shape index (κ3) is 7.27. The lowest BCUT2D eigenvalue weighted by Gasteiger charge is -2.13. The molecule has 0 heterocycles. The number of benzene rings is 3. The minimum absolute atomic E-state index is 0.138. The number of amides is 1. The Bertz CT molecular complexity index is 1020. The lowest BCUT2D eigenvalue weighted by Crippen LogP contribution is -2.31. The molecule has 6 nitrogen and oxygen atoms in total. The van der Waals surface area contributed by atoms with Crippen LogP contribution in [0.25, 0.3) is 6.08 Å². The van der Waals surface area contributed by atoms with E-state index in [4.69, 9.17) is 9.47 Å². The molecule has 0 aromatic heterocycles. The first-order valence-electron chi connectivity index (χ1n) is 10.4. The molecule has 0 bridgehead atoms. The van der Waals surface area contributed by atoms with E-state index in [0.717, 1.165) is 11.3 Å². The molecule has 32 heavy (non-hydrogen) atoms. The quantitative estimate of drug-likeness (QED) is 0.399.